The normalized spacial score (nSPS) is 11.7. The van der Waals surface area contributed by atoms with Crippen molar-refractivity contribution in [2.75, 3.05) is 9.80 Å². The molecular weight excluding hydrogens is 1210 g/mol. The second-order valence-corrected chi connectivity index (χ2v) is 31.3. The highest BCUT2D eigenvalue weighted by molar-refractivity contribution is 6.23. The van der Waals surface area contributed by atoms with E-state index in [1.165, 1.54) is 368 Å². The van der Waals surface area contributed by atoms with Gasteiger partial charge in [-0.3, -0.25) is 0 Å². The summed E-state index contributed by atoms with van der Waals surface area (Å²) < 4.78 is 0. The number of hydrogen-bond donors (Lipinski definition) is 0. The SMILES string of the molecule is CCCCCCc1cc(CCCCCC)cc(N(c2cc(CCCCCC)cc(CCCCCC)c2)c2c3ccc(CCCCCC)cc3c(N(c3cc(CCCCCC)cc(CCCCCC)c3)c3cc(CCCCCC)cc(CCCCCC)c3)c3ccc(CCCCCC)cc23)c1. The number of unbranched alkanes of at least 4 members (excludes halogenated alkanes) is 30. The molecule has 0 saturated heterocycles. The van der Waals surface area contributed by atoms with Gasteiger partial charge in [0.2, 0.25) is 0 Å². The number of hydrogen-bond acceptors (Lipinski definition) is 2. The van der Waals surface area contributed by atoms with Crippen LogP contribution in [0.15, 0.2) is 109 Å². The summed E-state index contributed by atoms with van der Waals surface area (Å²) >= 11 is 0. The smallest absolute Gasteiger partial charge is 0.0620 e. The maximum Gasteiger partial charge on any atom is 0.0620 e. The standard InChI is InChI=1S/C98H148N2/c1-11-21-31-41-51-79-61-63-93-95(77-79)97(99(89-69-81(53-43-33-23-13-3)65-82(70-89)54-44-34-24-14-4)90-71-83(55-45-35-25-15-5)66-84(72-90)56-46-36-26-16-6)94-64-62-80(52-42-32-22-12-2)78-96(94)98(93)100(91-73-85(57-47-37-27-17-7)67-86(74-91)58-48-38-28-18-8)92-75-87(59-49-39-29-19-9)68-88(76-92)60-50-40-30-20-10/h61-78H,11-60H2,1-10H3. The van der Waals surface area contributed by atoms with Crippen LogP contribution in [0.5, 0.6) is 0 Å². The lowest BCUT2D eigenvalue weighted by molar-refractivity contribution is 0.661. The van der Waals surface area contributed by atoms with Gasteiger partial charge in [0.25, 0.3) is 0 Å². The van der Waals surface area contributed by atoms with Crippen molar-refractivity contribution in [1.29, 1.82) is 0 Å². The first-order valence-corrected chi connectivity index (χ1v) is 43.4. The van der Waals surface area contributed by atoms with E-state index in [9.17, 15) is 0 Å². The van der Waals surface area contributed by atoms with Crippen molar-refractivity contribution in [1.82, 2.24) is 0 Å². The fourth-order valence-corrected chi connectivity index (χ4v) is 16.1. The molecule has 550 valence electrons. The third-order valence-corrected chi connectivity index (χ3v) is 22.0. The molecule has 0 atom stereocenters. The van der Waals surface area contributed by atoms with Crippen LogP contribution in [0.1, 0.15) is 382 Å². The molecule has 0 aromatic heterocycles. The van der Waals surface area contributed by atoms with Crippen LogP contribution in [-0.2, 0) is 64.2 Å². The van der Waals surface area contributed by atoms with E-state index in [2.05, 4.69) is 188 Å². The maximum absolute atomic E-state index is 2.90. The average Bonchev–Trinajstić information content (AvgIpc) is 0.717. The first-order valence-electron chi connectivity index (χ1n) is 43.4. The Morgan fingerprint density at radius 1 is 0.160 bits per heavy atom. The largest absolute Gasteiger partial charge is 0.309 e. The summed E-state index contributed by atoms with van der Waals surface area (Å²) in [5.74, 6) is 0. The Morgan fingerprint density at radius 2 is 0.330 bits per heavy atom. The molecule has 0 heterocycles. The molecule has 0 saturated carbocycles. The zero-order valence-corrected chi connectivity index (χ0v) is 66.6. The second-order valence-electron chi connectivity index (χ2n) is 31.3. The minimum Gasteiger partial charge on any atom is -0.309 e. The molecule has 0 bridgehead atoms. The lowest BCUT2D eigenvalue weighted by Crippen LogP contribution is -2.16. The van der Waals surface area contributed by atoms with E-state index in [0.717, 1.165) is 64.2 Å². The second kappa shape index (κ2) is 48.6. The van der Waals surface area contributed by atoms with Crippen LogP contribution in [0.3, 0.4) is 0 Å². The molecule has 0 spiro atoms. The topological polar surface area (TPSA) is 6.48 Å². The van der Waals surface area contributed by atoms with Crippen molar-refractivity contribution in [2.45, 2.75) is 390 Å². The summed E-state index contributed by atoms with van der Waals surface area (Å²) in [4.78, 5) is 5.79. The number of anilines is 6. The predicted molar refractivity (Wildman–Crippen MR) is 449 cm³/mol. The van der Waals surface area contributed by atoms with Crippen molar-refractivity contribution in [3.05, 3.63) is 165 Å². The van der Waals surface area contributed by atoms with Crippen molar-refractivity contribution in [2.24, 2.45) is 0 Å². The Labute approximate surface area is 616 Å². The van der Waals surface area contributed by atoms with Gasteiger partial charge in [-0.05, 0) is 245 Å². The molecule has 0 unspecified atom stereocenters. The van der Waals surface area contributed by atoms with Crippen molar-refractivity contribution in [3.8, 4) is 0 Å². The first kappa shape index (κ1) is 82.0. The highest BCUT2D eigenvalue weighted by atomic mass is 15.2. The summed E-state index contributed by atoms with van der Waals surface area (Å²) in [5, 5.41) is 5.57. The van der Waals surface area contributed by atoms with Gasteiger partial charge in [-0.15, -0.1) is 0 Å². The van der Waals surface area contributed by atoms with Gasteiger partial charge in [0, 0.05) is 44.3 Å². The summed E-state index contributed by atoms with van der Waals surface area (Å²) in [7, 11) is 0. The van der Waals surface area contributed by atoms with Crippen LogP contribution >= 0.6 is 0 Å². The Kier molecular flexibility index (Phi) is 39.8. The Bertz CT molecular complexity index is 2870. The molecule has 7 aromatic carbocycles. The van der Waals surface area contributed by atoms with E-state index in [0.29, 0.717) is 0 Å². The fourth-order valence-electron chi connectivity index (χ4n) is 16.1. The molecule has 0 aliphatic carbocycles. The van der Waals surface area contributed by atoms with E-state index in [-0.39, 0.29) is 0 Å². The molecule has 0 N–H and O–H groups in total. The van der Waals surface area contributed by atoms with Gasteiger partial charge >= 0.3 is 0 Å². The lowest BCUT2D eigenvalue weighted by atomic mass is 9.90. The Hall–Kier alpha value is -5.34. The molecule has 0 amide bonds. The zero-order valence-electron chi connectivity index (χ0n) is 66.6. The highest BCUT2D eigenvalue weighted by Gasteiger charge is 2.29. The number of fused-ring (bicyclic) bond motifs is 2. The number of aryl methyl sites for hydroxylation is 10. The number of rotatable bonds is 56. The van der Waals surface area contributed by atoms with Crippen LogP contribution in [0, 0.1) is 0 Å². The van der Waals surface area contributed by atoms with Gasteiger partial charge in [-0.1, -0.05) is 310 Å². The summed E-state index contributed by atoms with van der Waals surface area (Å²) in [6.45, 7) is 23.7. The quantitative estimate of drug-likeness (QED) is 0.0213. The molecule has 2 heteroatoms. The summed E-state index contributed by atoms with van der Waals surface area (Å²) in [5.41, 5.74) is 23.3. The van der Waals surface area contributed by atoms with E-state index < -0.39 is 0 Å². The fraction of sp³-hybridized carbons (Fsp3) is 0.612. The van der Waals surface area contributed by atoms with Gasteiger partial charge < -0.3 is 9.80 Å². The highest BCUT2D eigenvalue weighted by Crippen LogP contribution is 2.53. The minimum absolute atomic E-state index is 1.09. The minimum atomic E-state index is 1.09. The third-order valence-electron chi connectivity index (χ3n) is 22.0. The van der Waals surface area contributed by atoms with Crippen LogP contribution in [0.4, 0.5) is 34.1 Å². The predicted octanol–water partition coefficient (Wildman–Crippen LogP) is 32.2. The first-order chi connectivity index (χ1) is 49.2. The van der Waals surface area contributed by atoms with Gasteiger partial charge in [-0.25, -0.2) is 0 Å². The van der Waals surface area contributed by atoms with E-state index in [1.54, 1.807) is 0 Å². The molecule has 0 aliphatic rings. The van der Waals surface area contributed by atoms with Crippen molar-refractivity contribution in [3.63, 3.8) is 0 Å². The van der Waals surface area contributed by atoms with Gasteiger partial charge in [0.1, 0.15) is 0 Å². The van der Waals surface area contributed by atoms with E-state index in [1.807, 2.05) is 0 Å². The molecule has 0 aliphatic heterocycles. The molecule has 0 fully saturated rings. The lowest BCUT2D eigenvalue weighted by Gasteiger charge is -2.34. The Morgan fingerprint density at radius 3 is 0.500 bits per heavy atom. The number of benzene rings is 7. The van der Waals surface area contributed by atoms with Gasteiger partial charge in [-0.2, -0.15) is 0 Å². The Balaban J connectivity index is 1.72. The molecule has 7 rings (SSSR count). The molecule has 2 nitrogen and oxygen atoms in total. The summed E-state index contributed by atoms with van der Waals surface area (Å²) in [6, 6.07) is 48.1. The van der Waals surface area contributed by atoms with Gasteiger partial charge in [0.15, 0.2) is 0 Å². The van der Waals surface area contributed by atoms with Crippen molar-refractivity contribution >= 4 is 55.7 Å². The van der Waals surface area contributed by atoms with Crippen LogP contribution in [0.2, 0.25) is 0 Å². The molecule has 100 heavy (non-hydrogen) atoms. The van der Waals surface area contributed by atoms with E-state index >= 15 is 0 Å². The van der Waals surface area contributed by atoms with Crippen LogP contribution in [0.25, 0.3) is 21.5 Å². The van der Waals surface area contributed by atoms with Crippen LogP contribution < -0.4 is 9.80 Å². The van der Waals surface area contributed by atoms with Crippen LogP contribution in [-0.4, -0.2) is 0 Å². The average molecular weight is 1350 g/mol. The van der Waals surface area contributed by atoms with Gasteiger partial charge in [0.05, 0.1) is 11.4 Å². The zero-order chi connectivity index (χ0) is 70.8. The molecule has 7 aromatic rings. The van der Waals surface area contributed by atoms with E-state index in [4.69, 9.17) is 0 Å². The molecular formula is C98H148N2. The summed E-state index contributed by atoms with van der Waals surface area (Å²) in [6.07, 6.45) is 62.0. The number of nitrogens with zero attached hydrogens (tertiary/aromatic N) is 2. The molecule has 0 radical (unpaired) electrons. The van der Waals surface area contributed by atoms with Crippen molar-refractivity contribution < 1.29 is 0 Å². The third kappa shape index (κ3) is 27.4. The monoisotopic (exact) mass is 1350 g/mol. The maximum atomic E-state index is 2.90.